The fourth-order valence-corrected chi connectivity index (χ4v) is 2.49. The van der Waals surface area contributed by atoms with E-state index in [-0.39, 0.29) is 6.04 Å². The molecule has 0 amide bonds. The highest BCUT2D eigenvalue weighted by molar-refractivity contribution is 5.81. The topological polar surface area (TPSA) is 49.8 Å². The van der Waals surface area contributed by atoms with Gasteiger partial charge in [-0.3, -0.25) is 9.69 Å². The quantitative estimate of drug-likeness (QED) is 0.899. The van der Waals surface area contributed by atoms with E-state index in [9.17, 15) is 9.90 Å². The Morgan fingerprint density at radius 3 is 2.74 bits per heavy atom. The third-order valence-corrected chi connectivity index (χ3v) is 3.91. The fraction of sp³-hybridized carbons (Fsp3) is 0.533. The van der Waals surface area contributed by atoms with Gasteiger partial charge in [-0.25, -0.2) is 0 Å². The number of carbonyl (C=O) groups is 1. The van der Waals surface area contributed by atoms with Gasteiger partial charge in [-0.2, -0.15) is 0 Å². The van der Waals surface area contributed by atoms with Gasteiger partial charge < -0.3 is 9.84 Å². The zero-order valence-corrected chi connectivity index (χ0v) is 11.5. The summed E-state index contributed by atoms with van der Waals surface area (Å²) in [4.78, 5) is 13.9. The molecule has 104 valence electrons. The van der Waals surface area contributed by atoms with E-state index in [1.807, 2.05) is 30.3 Å². The van der Waals surface area contributed by atoms with Gasteiger partial charge >= 0.3 is 5.97 Å². The van der Waals surface area contributed by atoms with Gasteiger partial charge in [-0.15, -0.1) is 0 Å². The summed E-state index contributed by atoms with van der Waals surface area (Å²) in [5.41, 5.74) is -0.0338. The smallest absolute Gasteiger partial charge is 0.315 e. The Bertz CT molecular complexity index is 434. The molecule has 2 rings (SSSR count). The molecule has 1 aromatic rings. The largest absolute Gasteiger partial charge is 0.481 e. The second-order valence-electron chi connectivity index (χ2n) is 5.40. The highest BCUT2D eigenvalue weighted by atomic mass is 16.5. The van der Waals surface area contributed by atoms with Crippen LogP contribution >= 0.6 is 0 Å². The number of carboxylic acids is 1. The average Bonchev–Trinajstić information content (AvgIpc) is 2.42. The number of hydrogen-bond acceptors (Lipinski definition) is 3. The average molecular weight is 263 g/mol. The molecule has 2 unspecified atom stereocenters. The molecule has 1 fully saturated rings. The van der Waals surface area contributed by atoms with Crippen LogP contribution in [0.2, 0.25) is 0 Å². The highest BCUT2D eigenvalue weighted by Crippen LogP contribution is 2.26. The third-order valence-electron chi connectivity index (χ3n) is 3.91. The first kappa shape index (κ1) is 14.0. The predicted octanol–water partition coefficient (Wildman–Crippen LogP) is 1.75. The number of rotatable bonds is 4. The lowest BCUT2D eigenvalue weighted by Gasteiger charge is -2.38. The molecule has 1 saturated heterocycles. The number of hydrogen-bond donors (Lipinski definition) is 1. The van der Waals surface area contributed by atoms with Gasteiger partial charge in [0.05, 0.1) is 13.2 Å². The lowest BCUT2D eigenvalue weighted by Crippen LogP contribution is -2.52. The molecule has 2 atom stereocenters. The zero-order chi connectivity index (χ0) is 13.9. The lowest BCUT2D eigenvalue weighted by atomic mass is 9.81. The van der Waals surface area contributed by atoms with Crippen molar-refractivity contribution < 1.29 is 14.6 Å². The Kier molecular flexibility index (Phi) is 4.22. The number of nitrogens with zero attached hydrogens (tertiary/aromatic N) is 1. The van der Waals surface area contributed by atoms with Crippen molar-refractivity contribution in [2.45, 2.75) is 25.3 Å². The normalized spacial score (nSPS) is 23.8. The van der Waals surface area contributed by atoms with E-state index in [0.29, 0.717) is 19.8 Å². The van der Waals surface area contributed by atoms with Crippen molar-refractivity contribution in [3.8, 4) is 0 Å². The third kappa shape index (κ3) is 2.96. The summed E-state index contributed by atoms with van der Waals surface area (Å²) >= 11 is 0. The Balaban J connectivity index is 2.23. The highest BCUT2D eigenvalue weighted by Gasteiger charge is 2.38. The maximum Gasteiger partial charge on any atom is 0.315 e. The van der Waals surface area contributed by atoms with Crippen molar-refractivity contribution in [2.75, 3.05) is 26.3 Å². The Morgan fingerprint density at radius 2 is 2.16 bits per heavy atom. The summed E-state index contributed by atoms with van der Waals surface area (Å²) in [5, 5.41) is 9.64. The number of ether oxygens (including phenoxy) is 1. The van der Waals surface area contributed by atoms with E-state index in [2.05, 4.69) is 11.8 Å². The van der Waals surface area contributed by atoms with Gasteiger partial charge in [-0.1, -0.05) is 30.3 Å². The van der Waals surface area contributed by atoms with Crippen molar-refractivity contribution in [1.82, 2.24) is 4.90 Å². The minimum Gasteiger partial charge on any atom is -0.481 e. The first-order valence-electron chi connectivity index (χ1n) is 6.65. The second kappa shape index (κ2) is 5.72. The minimum atomic E-state index is -0.882. The standard InChI is InChI=1S/C15H21NO3/c1-12-10-19-9-8-16(12)11-15(2,14(17)18)13-6-4-3-5-7-13/h3-7,12H,8-11H2,1-2H3,(H,17,18). The molecule has 4 nitrogen and oxygen atoms in total. The molecule has 0 saturated carbocycles. The van der Waals surface area contributed by atoms with E-state index in [4.69, 9.17) is 4.74 Å². The summed E-state index contributed by atoms with van der Waals surface area (Å²) in [5.74, 6) is -0.780. The molecule has 0 spiro atoms. The van der Waals surface area contributed by atoms with Gasteiger partial charge in [0.2, 0.25) is 0 Å². The van der Waals surface area contributed by atoms with Gasteiger partial charge in [0, 0.05) is 19.1 Å². The molecule has 0 bridgehead atoms. The van der Waals surface area contributed by atoms with Crippen molar-refractivity contribution in [3.63, 3.8) is 0 Å². The summed E-state index contributed by atoms with van der Waals surface area (Å²) in [6.45, 7) is 6.52. The molecule has 0 radical (unpaired) electrons. The second-order valence-corrected chi connectivity index (χ2v) is 5.40. The lowest BCUT2D eigenvalue weighted by molar-refractivity contribution is -0.145. The predicted molar refractivity (Wildman–Crippen MR) is 73.3 cm³/mol. The van der Waals surface area contributed by atoms with E-state index in [1.54, 1.807) is 6.92 Å². The molecule has 1 aliphatic heterocycles. The van der Waals surface area contributed by atoms with Crippen LogP contribution in [0.15, 0.2) is 30.3 Å². The van der Waals surface area contributed by atoms with Crippen molar-refractivity contribution in [3.05, 3.63) is 35.9 Å². The van der Waals surface area contributed by atoms with Crippen LogP contribution in [0.4, 0.5) is 0 Å². The van der Waals surface area contributed by atoms with E-state index >= 15 is 0 Å². The molecule has 0 aromatic heterocycles. The zero-order valence-electron chi connectivity index (χ0n) is 11.5. The monoisotopic (exact) mass is 263 g/mol. The minimum absolute atomic E-state index is 0.260. The van der Waals surface area contributed by atoms with E-state index in [0.717, 1.165) is 12.1 Å². The Morgan fingerprint density at radius 1 is 1.47 bits per heavy atom. The van der Waals surface area contributed by atoms with Crippen LogP contribution in [0.5, 0.6) is 0 Å². The van der Waals surface area contributed by atoms with Gasteiger partial charge in [-0.05, 0) is 19.4 Å². The summed E-state index contributed by atoms with van der Waals surface area (Å²) < 4.78 is 5.40. The first-order valence-corrected chi connectivity index (χ1v) is 6.65. The number of carboxylic acid groups (broad SMARTS) is 1. The SMILES string of the molecule is CC1COCCN1CC(C)(C(=O)O)c1ccccc1. The molecule has 19 heavy (non-hydrogen) atoms. The van der Waals surface area contributed by atoms with Crippen molar-refractivity contribution in [2.24, 2.45) is 0 Å². The maximum atomic E-state index is 11.7. The Hall–Kier alpha value is -1.39. The number of aliphatic carboxylic acids is 1. The van der Waals surface area contributed by atoms with Gasteiger partial charge in [0.25, 0.3) is 0 Å². The van der Waals surface area contributed by atoms with Crippen molar-refractivity contribution >= 4 is 5.97 Å². The van der Waals surface area contributed by atoms with Gasteiger partial charge in [0.1, 0.15) is 5.41 Å². The number of morpholine rings is 1. The summed E-state index contributed by atoms with van der Waals surface area (Å²) in [7, 11) is 0. The van der Waals surface area contributed by atoms with Crippen LogP contribution in [0.25, 0.3) is 0 Å². The maximum absolute atomic E-state index is 11.7. The first-order chi connectivity index (χ1) is 9.04. The van der Waals surface area contributed by atoms with Crippen molar-refractivity contribution in [1.29, 1.82) is 0 Å². The molecular weight excluding hydrogens is 242 g/mol. The van der Waals surface area contributed by atoms with Crippen LogP contribution < -0.4 is 0 Å². The molecule has 4 heteroatoms. The molecule has 1 aromatic carbocycles. The van der Waals surface area contributed by atoms with Crippen LogP contribution in [-0.2, 0) is 14.9 Å². The van der Waals surface area contributed by atoms with Crippen LogP contribution in [-0.4, -0.2) is 48.3 Å². The fourth-order valence-electron chi connectivity index (χ4n) is 2.49. The summed E-state index contributed by atoms with van der Waals surface area (Å²) in [6, 6.07) is 9.72. The van der Waals surface area contributed by atoms with Crippen LogP contribution in [0.3, 0.4) is 0 Å². The van der Waals surface area contributed by atoms with E-state index in [1.165, 1.54) is 0 Å². The summed E-state index contributed by atoms with van der Waals surface area (Å²) in [6.07, 6.45) is 0. The van der Waals surface area contributed by atoms with E-state index < -0.39 is 11.4 Å². The Labute approximate surface area is 114 Å². The van der Waals surface area contributed by atoms with Crippen LogP contribution in [0, 0.1) is 0 Å². The number of benzene rings is 1. The molecular formula is C15H21NO3. The van der Waals surface area contributed by atoms with Crippen LogP contribution in [0.1, 0.15) is 19.4 Å². The molecule has 1 heterocycles. The molecule has 1 N–H and O–H groups in total. The molecule has 1 aliphatic rings. The van der Waals surface area contributed by atoms with Gasteiger partial charge in [0.15, 0.2) is 0 Å². The molecule has 0 aliphatic carbocycles.